The van der Waals surface area contributed by atoms with E-state index in [4.69, 9.17) is 14.2 Å². The quantitative estimate of drug-likeness (QED) is 0.0261. The van der Waals surface area contributed by atoms with E-state index in [2.05, 4.69) is 32.9 Å². The van der Waals surface area contributed by atoms with E-state index in [1.807, 2.05) is 0 Å². The van der Waals surface area contributed by atoms with Crippen LogP contribution < -0.4 is 0 Å². The molecule has 426 valence electrons. The number of hydrogen-bond donors (Lipinski definition) is 0. The molecule has 0 aromatic carbocycles. The summed E-state index contributed by atoms with van der Waals surface area (Å²) in [6.45, 7) is 6.66. The van der Waals surface area contributed by atoms with Gasteiger partial charge in [-0.1, -0.05) is 328 Å². The van der Waals surface area contributed by atoms with Crippen LogP contribution in [0.2, 0.25) is 0 Å². The van der Waals surface area contributed by atoms with Crippen LogP contribution in [-0.4, -0.2) is 37.2 Å². The van der Waals surface area contributed by atoms with Gasteiger partial charge in [0, 0.05) is 19.3 Å². The summed E-state index contributed by atoms with van der Waals surface area (Å²) < 4.78 is 16.9. The van der Waals surface area contributed by atoms with Gasteiger partial charge >= 0.3 is 17.9 Å². The van der Waals surface area contributed by atoms with Crippen LogP contribution in [0.15, 0.2) is 12.2 Å². The van der Waals surface area contributed by atoms with Crippen LogP contribution in [0.4, 0.5) is 0 Å². The van der Waals surface area contributed by atoms with Crippen molar-refractivity contribution in [1.82, 2.24) is 0 Å². The topological polar surface area (TPSA) is 78.9 Å². The molecule has 1 unspecified atom stereocenters. The molecule has 0 saturated heterocycles. The largest absolute Gasteiger partial charge is 0.462 e. The second kappa shape index (κ2) is 61.7. The van der Waals surface area contributed by atoms with Crippen molar-refractivity contribution in [3.8, 4) is 0 Å². The van der Waals surface area contributed by atoms with Gasteiger partial charge in [0.1, 0.15) is 13.2 Å². The second-order valence-electron chi connectivity index (χ2n) is 22.4. The van der Waals surface area contributed by atoms with Gasteiger partial charge in [-0.25, -0.2) is 0 Å². The molecule has 0 aromatic rings. The average molecular weight is 1020 g/mol. The Hall–Kier alpha value is -1.85. The van der Waals surface area contributed by atoms with Crippen molar-refractivity contribution in [3.05, 3.63) is 12.2 Å². The van der Waals surface area contributed by atoms with Gasteiger partial charge in [0.2, 0.25) is 0 Å². The van der Waals surface area contributed by atoms with Gasteiger partial charge in [-0.15, -0.1) is 0 Å². The van der Waals surface area contributed by atoms with Crippen molar-refractivity contribution >= 4 is 17.9 Å². The lowest BCUT2D eigenvalue weighted by Crippen LogP contribution is -2.30. The van der Waals surface area contributed by atoms with E-state index in [0.29, 0.717) is 19.3 Å². The molecule has 0 N–H and O–H groups in total. The Kier molecular flexibility index (Phi) is 60.1. The zero-order valence-electron chi connectivity index (χ0n) is 49.0. The Morgan fingerprint density at radius 2 is 0.472 bits per heavy atom. The van der Waals surface area contributed by atoms with Crippen molar-refractivity contribution in [2.45, 2.75) is 380 Å². The minimum absolute atomic E-state index is 0.0664. The Morgan fingerprint density at radius 1 is 0.264 bits per heavy atom. The summed E-state index contributed by atoms with van der Waals surface area (Å²) in [6, 6.07) is 0. The molecule has 6 heteroatoms. The summed E-state index contributed by atoms with van der Waals surface area (Å²) in [4.78, 5) is 38.2. The fourth-order valence-electron chi connectivity index (χ4n) is 10.1. The molecule has 0 aromatic heterocycles. The van der Waals surface area contributed by atoms with E-state index in [9.17, 15) is 14.4 Å². The van der Waals surface area contributed by atoms with Gasteiger partial charge in [0.15, 0.2) is 6.10 Å². The highest BCUT2D eigenvalue weighted by atomic mass is 16.6. The SMILES string of the molecule is CCCC/C=C\CCCCCCCC(=O)OCC(COC(=O)CCCCCCCCCCCCCCCCCCCCCCCCCCCCCCC)OC(=O)CCCCCCCCCCCCCCCC. The standard InChI is InChI=1S/C66H126O6/c1-4-7-10-13-16-19-22-24-26-27-28-29-30-31-32-33-34-35-36-37-38-39-40-42-44-47-50-53-56-59-65(68)71-62-63(61-70-64(67)58-55-52-49-46-43-21-18-15-12-9-6-3)72-66(69)60-57-54-51-48-45-41-25-23-20-17-14-11-8-5-2/h15,18,63H,4-14,16-17,19-62H2,1-3H3/b18-15-. The maximum atomic E-state index is 12.8. The molecule has 0 fully saturated rings. The first-order chi connectivity index (χ1) is 35.5. The van der Waals surface area contributed by atoms with Crippen molar-refractivity contribution in [3.63, 3.8) is 0 Å². The molecule has 6 nitrogen and oxygen atoms in total. The first-order valence-electron chi connectivity index (χ1n) is 32.7. The molecule has 72 heavy (non-hydrogen) atoms. The lowest BCUT2D eigenvalue weighted by Gasteiger charge is -2.18. The fourth-order valence-corrected chi connectivity index (χ4v) is 10.1. The lowest BCUT2D eigenvalue weighted by atomic mass is 10.0. The summed E-state index contributed by atoms with van der Waals surface area (Å²) in [7, 11) is 0. The fraction of sp³-hybridized carbons (Fsp3) is 0.924. The molecule has 0 saturated carbocycles. The molecular formula is C66H126O6. The van der Waals surface area contributed by atoms with Crippen LogP contribution in [0.25, 0.3) is 0 Å². The molecular weight excluding hydrogens is 889 g/mol. The van der Waals surface area contributed by atoms with Gasteiger partial charge in [-0.2, -0.15) is 0 Å². The first-order valence-corrected chi connectivity index (χ1v) is 32.7. The van der Waals surface area contributed by atoms with Gasteiger partial charge in [0.05, 0.1) is 0 Å². The first kappa shape index (κ1) is 70.1. The predicted octanol–water partition coefficient (Wildman–Crippen LogP) is 22.1. The van der Waals surface area contributed by atoms with Gasteiger partial charge < -0.3 is 14.2 Å². The number of esters is 3. The van der Waals surface area contributed by atoms with E-state index in [1.165, 1.54) is 270 Å². The highest BCUT2D eigenvalue weighted by Crippen LogP contribution is 2.19. The minimum Gasteiger partial charge on any atom is -0.462 e. The molecule has 0 aliphatic rings. The van der Waals surface area contributed by atoms with Crippen molar-refractivity contribution in [2.24, 2.45) is 0 Å². The number of carbonyl (C=O) groups excluding carboxylic acids is 3. The smallest absolute Gasteiger partial charge is 0.306 e. The molecule has 0 radical (unpaired) electrons. The van der Waals surface area contributed by atoms with E-state index < -0.39 is 6.10 Å². The number of ether oxygens (including phenoxy) is 3. The van der Waals surface area contributed by atoms with E-state index in [0.717, 1.165) is 64.2 Å². The minimum atomic E-state index is -0.768. The zero-order valence-corrected chi connectivity index (χ0v) is 49.0. The molecule has 0 rings (SSSR count). The number of unbranched alkanes of at least 4 members (excludes halogenated alkanes) is 48. The second-order valence-corrected chi connectivity index (χ2v) is 22.4. The predicted molar refractivity (Wildman–Crippen MR) is 312 cm³/mol. The van der Waals surface area contributed by atoms with Crippen LogP contribution in [0.5, 0.6) is 0 Å². The van der Waals surface area contributed by atoms with Crippen LogP contribution >= 0.6 is 0 Å². The third-order valence-electron chi connectivity index (χ3n) is 15.0. The van der Waals surface area contributed by atoms with Crippen molar-refractivity contribution in [2.75, 3.05) is 13.2 Å². The molecule has 0 amide bonds. The Morgan fingerprint density at radius 3 is 0.736 bits per heavy atom. The maximum Gasteiger partial charge on any atom is 0.306 e. The van der Waals surface area contributed by atoms with Gasteiger partial charge in [0.25, 0.3) is 0 Å². The summed E-state index contributed by atoms with van der Waals surface area (Å²) in [5.74, 6) is -0.850. The van der Waals surface area contributed by atoms with Crippen molar-refractivity contribution in [1.29, 1.82) is 0 Å². The number of carbonyl (C=O) groups is 3. The Bertz CT molecular complexity index is 1120. The maximum absolute atomic E-state index is 12.8. The highest BCUT2D eigenvalue weighted by Gasteiger charge is 2.19. The van der Waals surface area contributed by atoms with E-state index >= 15 is 0 Å². The summed E-state index contributed by atoms with van der Waals surface area (Å²) >= 11 is 0. The van der Waals surface area contributed by atoms with Gasteiger partial charge in [-0.05, 0) is 38.5 Å². The van der Waals surface area contributed by atoms with Crippen molar-refractivity contribution < 1.29 is 28.6 Å². The van der Waals surface area contributed by atoms with Crippen LogP contribution in [0.3, 0.4) is 0 Å². The normalized spacial score (nSPS) is 12.0. The third-order valence-corrected chi connectivity index (χ3v) is 15.0. The lowest BCUT2D eigenvalue weighted by molar-refractivity contribution is -0.167. The molecule has 1 atom stereocenters. The van der Waals surface area contributed by atoms with Crippen LogP contribution in [-0.2, 0) is 28.6 Å². The van der Waals surface area contributed by atoms with Crippen LogP contribution in [0, 0.1) is 0 Å². The molecule has 0 aliphatic heterocycles. The van der Waals surface area contributed by atoms with E-state index in [1.54, 1.807) is 0 Å². The monoisotopic (exact) mass is 1010 g/mol. The molecule has 0 bridgehead atoms. The molecule has 0 aliphatic carbocycles. The molecule has 0 heterocycles. The molecule has 0 spiro atoms. The summed E-state index contributed by atoms with van der Waals surface area (Å²) in [5, 5.41) is 0. The van der Waals surface area contributed by atoms with E-state index in [-0.39, 0.29) is 31.1 Å². The summed E-state index contributed by atoms with van der Waals surface area (Å²) in [5.41, 5.74) is 0. The number of rotatable bonds is 61. The number of allylic oxidation sites excluding steroid dienone is 2. The third kappa shape index (κ3) is 59.0. The highest BCUT2D eigenvalue weighted by molar-refractivity contribution is 5.71. The average Bonchev–Trinajstić information content (AvgIpc) is 3.38. The zero-order chi connectivity index (χ0) is 52.2. The van der Waals surface area contributed by atoms with Crippen LogP contribution in [0.1, 0.15) is 374 Å². The Balaban J connectivity index is 4.07. The Labute approximate surface area is 450 Å². The number of hydrogen-bond acceptors (Lipinski definition) is 6. The van der Waals surface area contributed by atoms with Gasteiger partial charge in [-0.3, -0.25) is 14.4 Å². The summed E-state index contributed by atoms with van der Waals surface area (Å²) in [6.07, 6.45) is 72.5.